The van der Waals surface area contributed by atoms with Gasteiger partial charge in [0.05, 0.1) is 0 Å². The van der Waals surface area contributed by atoms with Crippen molar-refractivity contribution in [1.82, 2.24) is 24.9 Å². The quantitative estimate of drug-likeness (QED) is 0.631. The first-order valence-electron chi connectivity index (χ1n) is 10.7. The van der Waals surface area contributed by atoms with E-state index in [-0.39, 0.29) is 11.8 Å². The number of carbonyl (C=O) groups excluding carboxylic acids is 1. The molecular formula is C22H28N6O2. The van der Waals surface area contributed by atoms with E-state index in [4.69, 9.17) is 4.52 Å². The van der Waals surface area contributed by atoms with Gasteiger partial charge in [0.2, 0.25) is 11.8 Å². The van der Waals surface area contributed by atoms with E-state index in [0.717, 1.165) is 48.7 Å². The van der Waals surface area contributed by atoms with Gasteiger partial charge in [-0.05, 0) is 31.4 Å². The van der Waals surface area contributed by atoms with Crippen molar-refractivity contribution in [2.45, 2.75) is 71.3 Å². The molecule has 1 N–H and O–H groups in total. The summed E-state index contributed by atoms with van der Waals surface area (Å²) in [5, 5.41) is 15.7. The minimum atomic E-state index is -0.0316. The zero-order valence-electron chi connectivity index (χ0n) is 17.6. The van der Waals surface area contributed by atoms with E-state index in [1.807, 2.05) is 38.1 Å². The van der Waals surface area contributed by atoms with Crippen molar-refractivity contribution < 1.29 is 9.32 Å². The van der Waals surface area contributed by atoms with E-state index < -0.39 is 0 Å². The summed E-state index contributed by atoms with van der Waals surface area (Å²) in [7, 11) is 0. The number of amides is 1. The topological polar surface area (TPSA) is 98.7 Å². The van der Waals surface area contributed by atoms with Crippen molar-refractivity contribution in [2.24, 2.45) is 0 Å². The molecule has 3 heterocycles. The number of carbonyl (C=O) groups is 1. The van der Waals surface area contributed by atoms with Crippen LogP contribution in [0.5, 0.6) is 0 Å². The average Bonchev–Trinajstić information content (AvgIpc) is 3.30. The van der Waals surface area contributed by atoms with Gasteiger partial charge in [-0.2, -0.15) is 4.98 Å². The van der Waals surface area contributed by atoms with E-state index >= 15 is 0 Å². The van der Waals surface area contributed by atoms with Crippen LogP contribution in [-0.2, 0) is 24.2 Å². The smallest absolute Gasteiger partial charge is 0.226 e. The van der Waals surface area contributed by atoms with Gasteiger partial charge >= 0.3 is 0 Å². The van der Waals surface area contributed by atoms with Crippen molar-refractivity contribution in [3.63, 3.8) is 0 Å². The third kappa shape index (κ3) is 4.75. The second kappa shape index (κ2) is 9.19. The van der Waals surface area contributed by atoms with E-state index in [1.165, 1.54) is 6.42 Å². The number of nitrogens with one attached hydrogen (secondary N) is 1. The van der Waals surface area contributed by atoms with E-state index in [0.29, 0.717) is 31.0 Å². The monoisotopic (exact) mass is 408 g/mol. The molecule has 8 heteroatoms. The fraction of sp³-hybridized carbons (Fsp3) is 0.500. The molecule has 0 bridgehead atoms. The largest absolute Gasteiger partial charge is 0.339 e. The van der Waals surface area contributed by atoms with Gasteiger partial charge in [-0.3, -0.25) is 4.79 Å². The SMILES string of the molecule is CC(C)c1noc(CCCC(=O)Nc2cccc(-c3nnc4n3CCCCC4)c2)n1. The molecule has 3 aromatic rings. The van der Waals surface area contributed by atoms with Crippen molar-refractivity contribution >= 4 is 11.6 Å². The fourth-order valence-corrected chi connectivity index (χ4v) is 3.66. The second-order valence-electron chi connectivity index (χ2n) is 8.09. The molecule has 0 aliphatic carbocycles. The van der Waals surface area contributed by atoms with Crippen LogP contribution in [0.4, 0.5) is 5.69 Å². The Hall–Kier alpha value is -3.03. The van der Waals surface area contributed by atoms with E-state index in [2.05, 4.69) is 30.2 Å². The first-order chi connectivity index (χ1) is 14.6. The van der Waals surface area contributed by atoms with Gasteiger partial charge in [-0.1, -0.05) is 37.6 Å². The van der Waals surface area contributed by atoms with E-state index in [9.17, 15) is 4.79 Å². The minimum Gasteiger partial charge on any atom is -0.339 e. The van der Waals surface area contributed by atoms with Gasteiger partial charge in [0, 0.05) is 43.0 Å². The first kappa shape index (κ1) is 20.3. The standard InChI is InChI=1S/C22H28N6O2/c1-15(2)21-24-20(30-27-21)12-7-11-19(29)23-17-9-6-8-16(14-17)22-26-25-18-10-4-3-5-13-28(18)22/h6,8-9,14-15H,3-5,7,10-13H2,1-2H3,(H,23,29). The normalized spacial score (nSPS) is 13.8. The maximum absolute atomic E-state index is 12.4. The Morgan fingerprint density at radius 1 is 1.23 bits per heavy atom. The number of aromatic nitrogens is 5. The van der Waals surface area contributed by atoms with Crippen LogP contribution >= 0.6 is 0 Å². The molecule has 0 fully saturated rings. The predicted octanol–water partition coefficient (Wildman–Crippen LogP) is 4.14. The van der Waals surface area contributed by atoms with Crippen LogP contribution in [0.1, 0.15) is 69.4 Å². The lowest BCUT2D eigenvalue weighted by atomic mass is 10.1. The summed E-state index contributed by atoms with van der Waals surface area (Å²) in [5.74, 6) is 3.42. The number of fused-ring (bicyclic) bond motifs is 1. The van der Waals surface area contributed by atoms with Gasteiger partial charge in [-0.25, -0.2) is 0 Å². The summed E-state index contributed by atoms with van der Waals surface area (Å²) in [5.41, 5.74) is 1.74. The third-order valence-corrected chi connectivity index (χ3v) is 5.31. The summed E-state index contributed by atoms with van der Waals surface area (Å²) in [6, 6.07) is 7.82. The summed E-state index contributed by atoms with van der Waals surface area (Å²) in [6.07, 6.45) is 6.15. The maximum atomic E-state index is 12.4. The lowest BCUT2D eigenvalue weighted by Gasteiger charge is -2.09. The average molecular weight is 409 g/mol. The molecule has 1 amide bonds. The van der Waals surface area contributed by atoms with Gasteiger partial charge in [-0.15, -0.1) is 10.2 Å². The molecule has 1 aliphatic rings. The van der Waals surface area contributed by atoms with Crippen molar-refractivity contribution in [1.29, 1.82) is 0 Å². The summed E-state index contributed by atoms with van der Waals surface area (Å²) in [4.78, 5) is 16.7. The summed E-state index contributed by atoms with van der Waals surface area (Å²) < 4.78 is 7.44. The van der Waals surface area contributed by atoms with Gasteiger partial charge in [0.25, 0.3) is 0 Å². The number of rotatable bonds is 7. The summed E-state index contributed by atoms with van der Waals surface area (Å²) >= 11 is 0. The predicted molar refractivity (Wildman–Crippen MR) is 113 cm³/mol. The molecule has 0 saturated carbocycles. The molecule has 30 heavy (non-hydrogen) atoms. The van der Waals surface area contributed by atoms with Gasteiger partial charge < -0.3 is 14.4 Å². The molecular weight excluding hydrogens is 380 g/mol. The van der Waals surface area contributed by atoms with Crippen LogP contribution in [0.2, 0.25) is 0 Å². The Labute approximate surface area is 176 Å². The lowest BCUT2D eigenvalue weighted by Crippen LogP contribution is -2.11. The van der Waals surface area contributed by atoms with Gasteiger partial charge in [0.15, 0.2) is 11.6 Å². The number of anilines is 1. The molecule has 8 nitrogen and oxygen atoms in total. The number of nitrogens with zero attached hydrogens (tertiary/aromatic N) is 5. The highest BCUT2D eigenvalue weighted by Crippen LogP contribution is 2.25. The fourth-order valence-electron chi connectivity index (χ4n) is 3.66. The molecule has 0 atom stereocenters. The molecule has 2 aromatic heterocycles. The minimum absolute atomic E-state index is 0.0316. The number of hydrogen-bond acceptors (Lipinski definition) is 6. The maximum Gasteiger partial charge on any atom is 0.226 e. The highest BCUT2D eigenvalue weighted by Gasteiger charge is 2.16. The zero-order valence-corrected chi connectivity index (χ0v) is 17.6. The van der Waals surface area contributed by atoms with Gasteiger partial charge in [0.1, 0.15) is 5.82 Å². The molecule has 1 aliphatic heterocycles. The Balaban J connectivity index is 1.35. The van der Waals surface area contributed by atoms with Crippen LogP contribution in [0.25, 0.3) is 11.4 Å². The second-order valence-corrected chi connectivity index (χ2v) is 8.09. The number of benzene rings is 1. The van der Waals surface area contributed by atoms with Crippen molar-refractivity contribution in [3.8, 4) is 11.4 Å². The highest BCUT2D eigenvalue weighted by molar-refractivity contribution is 5.91. The lowest BCUT2D eigenvalue weighted by molar-refractivity contribution is -0.116. The Morgan fingerprint density at radius 2 is 2.13 bits per heavy atom. The molecule has 158 valence electrons. The van der Waals surface area contributed by atoms with Crippen molar-refractivity contribution in [2.75, 3.05) is 5.32 Å². The molecule has 1 aromatic carbocycles. The number of aryl methyl sites for hydroxylation is 2. The zero-order chi connectivity index (χ0) is 20.9. The van der Waals surface area contributed by atoms with Crippen LogP contribution < -0.4 is 5.32 Å². The highest BCUT2D eigenvalue weighted by atomic mass is 16.5. The van der Waals surface area contributed by atoms with Crippen LogP contribution in [0, 0.1) is 0 Å². The third-order valence-electron chi connectivity index (χ3n) is 5.31. The number of hydrogen-bond donors (Lipinski definition) is 1. The molecule has 0 spiro atoms. The van der Waals surface area contributed by atoms with Crippen LogP contribution in [-0.4, -0.2) is 30.8 Å². The Morgan fingerprint density at radius 3 is 2.97 bits per heavy atom. The van der Waals surface area contributed by atoms with Crippen molar-refractivity contribution in [3.05, 3.63) is 41.8 Å². The molecule has 0 unspecified atom stereocenters. The first-order valence-corrected chi connectivity index (χ1v) is 10.7. The Kier molecular flexibility index (Phi) is 6.21. The Bertz CT molecular complexity index is 1010. The molecule has 0 saturated heterocycles. The van der Waals surface area contributed by atoms with Crippen LogP contribution in [0.15, 0.2) is 28.8 Å². The van der Waals surface area contributed by atoms with E-state index in [1.54, 1.807) is 0 Å². The molecule has 0 radical (unpaired) electrons. The molecule has 4 rings (SSSR count). The van der Waals surface area contributed by atoms with Crippen LogP contribution in [0.3, 0.4) is 0 Å². The summed E-state index contributed by atoms with van der Waals surface area (Å²) in [6.45, 7) is 4.99.